The second kappa shape index (κ2) is 10.2. The Bertz CT molecular complexity index is 1510. The summed E-state index contributed by atoms with van der Waals surface area (Å²) in [6.07, 6.45) is 0.345. The largest absolute Gasteiger partial charge is 0.480 e. The summed E-state index contributed by atoms with van der Waals surface area (Å²) in [5.74, 6) is -1.39. The van der Waals surface area contributed by atoms with E-state index in [1.54, 1.807) is 6.07 Å². The number of aliphatic carboxylic acids is 1. The third-order valence-corrected chi connectivity index (χ3v) is 7.73. The number of sulfonamides is 1. The molecule has 1 heterocycles. The minimum absolute atomic E-state index is 0.0291. The van der Waals surface area contributed by atoms with E-state index in [0.717, 1.165) is 0 Å². The van der Waals surface area contributed by atoms with Gasteiger partial charge in [-0.25, -0.2) is 13.2 Å². The number of carboxylic acids is 1. The van der Waals surface area contributed by atoms with Gasteiger partial charge in [-0.1, -0.05) is 35.3 Å². The second-order valence-electron chi connectivity index (χ2n) is 7.93. The van der Waals surface area contributed by atoms with Crippen LogP contribution in [0.1, 0.15) is 5.56 Å². The molecule has 0 bridgehead atoms. The number of carbonyl (C=O) groups excluding carboxylic acids is 1. The molecule has 0 spiro atoms. The molecule has 1 aliphatic heterocycles. The van der Waals surface area contributed by atoms with Crippen LogP contribution in [0.2, 0.25) is 10.0 Å². The predicted octanol–water partition coefficient (Wildman–Crippen LogP) is 4.78. The average Bonchev–Trinajstić information content (AvgIpc) is 3.25. The number of urea groups is 1. The summed E-state index contributed by atoms with van der Waals surface area (Å²) in [7, 11) is -4.37. The molecule has 11 nitrogen and oxygen atoms in total. The summed E-state index contributed by atoms with van der Waals surface area (Å²) in [4.78, 5) is 36.2. The monoisotopic (exact) mass is 564 g/mol. The van der Waals surface area contributed by atoms with Gasteiger partial charge in [0.25, 0.3) is 15.7 Å². The van der Waals surface area contributed by atoms with E-state index in [-0.39, 0.29) is 38.5 Å². The number of para-hydroxylation sites is 2. The number of nitro groups is 1. The molecule has 0 fully saturated rings. The van der Waals surface area contributed by atoms with Crippen LogP contribution in [0.3, 0.4) is 0 Å². The van der Waals surface area contributed by atoms with Gasteiger partial charge >= 0.3 is 12.0 Å². The maximum absolute atomic E-state index is 13.4. The minimum atomic E-state index is -4.37. The molecule has 2 N–H and O–H groups in total. The molecular weight excluding hydrogens is 547 g/mol. The number of amides is 2. The van der Waals surface area contributed by atoms with E-state index in [1.165, 1.54) is 59.5 Å². The van der Waals surface area contributed by atoms with E-state index in [4.69, 9.17) is 23.2 Å². The van der Waals surface area contributed by atoms with E-state index in [1.807, 2.05) is 0 Å². The Labute approximate surface area is 221 Å². The Morgan fingerprint density at radius 2 is 1.76 bits per heavy atom. The minimum Gasteiger partial charge on any atom is -0.480 e. The topological polar surface area (TPSA) is 150 Å². The highest BCUT2D eigenvalue weighted by atomic mass is 35.5. The molecule has 37 heavy (non-hydrogen) atoms. The SMILES string of the molecule is O=C(O)CN(c1ccc2c(c1)CCN2C(=O)Nc1ccccc1[N+](=O)[O-])S(=O)(=O)c1cc(Cl)cc(Cl)c1. The Balaban J connectivity index is 1.65. The molecule has 0 atom stereocenters. The molecule has 14 heteroatoms. The number of hydrogen-bond acceptors (Lipinski definition) is 6. The standard InChI is InChI=1S/C23H18Cl2N4O7S/c24-15-10-16(25)12-18(11-15)37(35,36)28(13-22(30)31)17-5-6-20-14(9-17)7-8-27(20)23(32)26-19-3-1-2-4-21(19)29(33)34/h1-6,9-12H,7-8,13H2,(H,26,32)(H,30,31). The summed E-state index contributed by atoms with van der Waals surface area (Å²) in [5.41, 5.74) is 0.879. The zero-order chi connectivity index (χ0) is 26.9. The van der Waals surface area contributed by atoms with Crippen molar-refractivity contribution in [2.45, 2.75) is 11.3 Å². The van der Waals surface area contributed by atoms with Crippen LogP contribution in [-0.4, -0.2) is 43.5 Å². The van der Waals surface area contributed by atoms with Crippen molar-refractivity contribution in [3.8, 4) is 0 Å². The van der Waals surface area contributed by atoms with Gasteiger partial charge < -0.3 is 10.4 Å². The molecule has 3 aromatic rings. The number of nitro benzene ring substituents is 1. The van der Waals surface area contributed by atoms with E-state index in [2.05, 4.69) is 5.32 Å². The van der Waals surface area contributed by atoms with Crippen molar-refractivity contribution in [2.75, 3.05) is 27.6 Å². The summed E-state index contributed by atoms with van der Waals surface area (Å²) < 4.78 is 27.4. The van der Waals surface area contributed by atoms with Crippen molar-refractivity contribution in [3.63, 3.8) is 0 Å². The number of halogens is 2. The predicted molar refractivity (Wildman–Crippen MR) is 138 cm³/mol. The maximum Gasteiger partial charge on any atom is 0.326 e. The lowest BCUT2D eigenvalue weighted by atomic mass is 10.1. The number of anilines is 3. The molecule has 2 amide bonds. The van der Waals surface area contributed by atoms with Gasteiger partial charge in [0.2, 0.25) is 0 Å². The zero-order valence-electron chi connectivity index (χ0n) is 18.8. The van der Waals surface area contributed by atoms with Crippen molar-refractivity contribution in [1.29, 1.82) is 0 Å². The lowest BCUT2D eigenvalue weighted by molar-refractivity contribution is -0.383. The maximum atomic E-state index is 13.4. The van der Waals surface area contributed by atoms with Gasteiger partial charge in [0.05, 0.1) is 15.5 Å². The summed E-state index contributed by atoms with van der Waals surface area (Å²) >= 11 is 11.9. The first-order valence-corrected chi connectivity index (χ1v) is 12.8. The smallest absolute Gasteiger partial charge is 0.326 e. The number of carboxylic acid groups (broad SMARTS) is 1. The van der Waals surface area contributed by atoms with Gasteiger partial charge in [0, 0.05) is 28.3 Å². The first-order valence-electron chi connectivity index (χ1n) is 10.6. The van der Waals surface area contributed by atoms with Crippen LogP contribution in [0.4, 0.5) is 27.5 Å². The molecule has 1 aliphatic rings. The molecule has 3 aromatic carbocycles. The number of carbonyl (C=O) groups is 2. The molecule has 192 valence electrons. The van der Waals surface area contributed by atoms with Crippen LogP contribution in [-0.2, 0) is 21.2 Å². The van der Waals surface area contributed by atoms with E-state index in [0.29, 0.717) is 22.0 Å². The first-order chi connectivity index (χ1) is 17.5. The van der Waals surface area contributed by atoms with Gasteiger partial charge in [0.1, 0.15) is 12.2 Å². The number of nitrogens with one attached hydrogen (secondary N) is 1. The van der Waals surface area contributed by atoms with Crippen LogP contribution in [0, 0.1) is 10.1 Å². The Kier molecular flexibility index (Phi) is 7.25. The number of nitrogens with zero attached hydrogens (tertiary/aromatic N) is 3. The second-order valence-corrected chi connectivity index (χ2v) is 10.7. The van der Waals surface area contributed by atoms with Gasteiger partial charge in [-0.05, 0) is 54.4 Å². The number of benzene rings is 3. The highest BCUT2D eigenvalue weighted by Gasteiger charge is 2.31. The molecule has 0 saturated carbocycles. The fourth-order valence-electron chi connectivity index (χ4n) is 3.92. The van der Waals surface area contributed by atoms with Crippen molar-refractivity contribution in [3.05, 3.63) is 86.4 Å². The quantitative estimate of drug-likeness (QED) is 0.309. The third kappa shape index (κ3) is 5.45. The number of fused-ring (bicyclic) bond motifs is 1. The lowest BCUT2D eigenvalue weighted by Gasteiger charge is -2.24. The van der Waals surface area contributed by atoms with Gasteiger partial charge in [0.15, 0.2) is 0 Å². The van der Waals surface area contributed by atoms with Gasteiger partial charge in [-0.3, -0.25) is 24.1 Å². The van der Waals surface area contributed by atoms with Gasteiger partial charge in [-0.15, -0.1) is 0 Å². The van der Waals surface area contributed by atoms with Crippen LogP contribution in [0.5, 0.6) is 0 Å². The van der Waals surface area contributed by atoms with E-state index in [9.17, 15) is 33.2 Å². The van der Waals surface area contributed by atoms with Crippen LogP contribution in [0.25, 0.3) is 0 Å². The average molecular weight is 565 g/mol. The summed E-state index contributed by atoms with van der Waals surface area (Å²) in [6.45, 7) is -0.645. The summed E-state index contributed by atoms with van der Waals surface area (Å²) in [6, 6.07) is 13.1. The Morgan fingerprint density at radius 3 is 2.41 bits per heavy atom. The highest BCUT2D eigenvalue weighted by molar-refractivity contribution is 7.92. The Morgan fingerprint density at radius 1 is 1.08 bits per heavy atom. The summed E-state index contributed by atoms with van der Waals surface area (Å²) in [5, 5.41) is 23.3. The third-order valence-electron chi connectivity index (χ3n) is 5.54. The van der Waals surface area contributed by atoms with E-state index >= 15 is 0 Å². The van der Waals surface area contributed by atoms with Crippen molar-refractivity contribution >= 4 is 68.0 Å². The van der Waals surface area contributed by atoms with Crippen LogP contribution >= 0.6 is 23.2 Å². The molecule has 4 rings (SSSR count). The zero-order valence-corrected chi connectivity index (χ0v) is 21.1. The molecule has 0 radical (unpaired) electrons. The molecule has 0 aliphatic carbocycles. The normalized spacial score (nSPS) is 12.6. The van der Waals surface area contributed by atoms with Gasteiger partial charge in [-0.2, -0.15) is 0 Å². The van der Waals surface area contributed by atoms with Crippen molar-refractivity contribution < 1.29 is 28.0 Å². The van der Waals surface area contributed by atoms with Crippen LogP contribution in [0.15, 0.2) is 65.6 Å². The molecular formula is C23H18Cl2N4O7S. The molecule has 0 saturated heterocycles. The van der Waals surface area contributed by atoms with Crippen LogP contribution < -0.4 is 14.5 Å². The number of hydrogen-bond donors (Lipinski definition) is 2. The lowest BCUT2D eigenvalue weighted by Crippen LogP contribution is -2.36. The fraction of sp³-hybridized carbons (Fsp3) is 0.130. The molecule has 0 aromatic heterocycles. The van der Waals surface area contributed by atoms with E-state index < -0.39 is 33.5 Å². The van der Waals surface area contributed by atoms with Crippen molar-refractivity contribution in [1.82, 2.24) is 0 Å². The fourth-order valence-corrected chi connectivity index (χ4v) is 6.05. The first kappa shape index (κ1) is 26.2. The number of rotatable bonds is 7. The Hall–Kier alpha value is -3.87. The highest BCUT2D eigenvalue weighted by Crippen LogP contribution is 2.35. The molecule has 0 unspecified atom stereocenters. The van der Waals surface area contributed by atoms with Crippen molar-refractivity contribution in [2.24, 2.45) is 0 Å².